The molecule has 2 N–H and O–H groups in total. The van der Waals surface area contributed by atoms with Crippen molar-refractivity contribution in [3.63, 3.8) is 0 Å². The van der Waals surface area contributed by atoms with E-state index in [0.29, 0.717) is 19.8 Å². The van der Waals surface area contributed by atoms with Crippen LogP contribution < -0.4 is 5.73 Å². The lowest BCUT2D eigenvalue weighted by molar-refractivity contribution is -0.351. The molecule has 1 amide bonds. The van der Waals surface area contributed by atoms with Gasteiger partial charge in [0.15, 0.2) is 0 Å². The molecular weight excluding hydrogens is 198 g/mol. The summed E-state index contributed by atoms with van der Waals surface area (Å²) in [6, 6.07) is 0. The molecule has 0 heterocycles. The highest BCUT2D eigenvalue weighted by molar-refractivity contribution is 5.80. The third-order valence-corrected chi connectivity index (χ3v) is 1.76. The van der Waals surface area contributed by atoms with Gasteiger partial charge in [0.2, 0.25) is 0 Å². The molecule has 0 rings (SSSR count). The minimum atomic E-state index is -1.71. The normalized spacial score (nSPS) is 11.7. The molecule has 0 radical (unpaired) electrons. The van der Waals surface area contributed by atoms with Crippen molar-refractivity contribution in [2.45, 2.75) is 39.6 Å². The zero-order valence-corrected chi connectivity index (χ0v) is 9.75. The molecule has 0 aromatic heterocycles. The van der Waals surface area contributed by atoms with Gasteiger partial charge in [0.1, 0.15) is 0 Å². The van der Waals surface area contributed by atoms with E-state index >= 15 is 0 Å². The number of hydrogen-bond donors (Lipinski definition) is 1. The number of nitrogens with two attached hydrogens (primary N) is 1. The average Bonchev–Trinajstić information content (AvgIpc) is 2.18. The zero-order chi connectivity index (χ0) is 11.7. The molecule has 5 heteroatoms. The molecule has 0 saturated carbocycles. The minimum Gasteiger partial charge on any atom is -0.363 e. The number of rotatable bonds is 9. The Bertz CT molecular complexity index is 178. The Balaban J connectivity index is 4.40. The number of carbonyl (C=O) groups is 1. The second-order valence-electron chi connectivity index (χ2n) is 2.99. The minimum absolute atomic E-state index is 0.301. The molecule has 0 atom stereocenters. The Morgan fingerprint density at radius 2 is 1.67 bits per heavy atom. The van der Waals surface area contributed by atoms with Gasteiger partial charge in [-0.2, -0.15) is 0 Å². The van der Waals surface area contributed by atoms with Crippen LogP contribution in [0.5, 0.6) is 0 Å². The van der Waals surface area contributed by atoms with Gasteiger partial charge < -0.3 is 19.9 Å². The molecule has 0 aliphatic rings. The van der Waals surface area contributed by atoms with E-state index in [-0.39, 0.29) is 0 Å². The highest BCUT2D eigenvalue weighted by Gasteiger charge is 2.40. The van der Waals surface area contributed by atoms with Gasteiger partial charge in [-0.05, 0) is 20.3 Å². The van der Waals surface area contributed by atoms with Gasteiger partial charge in [0.05, 0.1) is 19.8 Å². The molecule has 0 spiro atoms. The summed E-state index contributed by atoms with van der Waals surface area (Å²) in [6.45, 7) is 6.51. The standard InChI is InChI=1S/C10H21NO4/c1-4-7-8-15-10(9(11)12,13-5-2)14-6-3/h4-8H2,1-3H3,(H2,11,12). The van der Waals surface area contributed by atoms with E-state index in [9.17, 15) is 4.79 Å². The van der Waals surface area contributed by atoms with E-state index in [1.165, 1.54) is 0 Å². The van der Waals surface area contributed by atoms with Crippen LogP contribution in [0.1, 0.15) is 33.6 Å². The number of unbranched alkanes of at least 4 members (excludes halogenated alkanes) is 1. The predicted molar refractivity (Wildman–Crippen MR) is 56.0 cm³/mol. The summed E-state index contributed by atoms with van der Waals surface area (Å²) in [5.74, 6) is -2.46. The van der Waals surface area contributed by atoms with Crippen LogP contribution in [-0.2, 0) is 19.0 Å². The fourth-order valence-electron chi connectivity index (χ4n) is 1.07. The predicted octanol–water partition coefficient (Wildman–Crippen LogP) is 1.02. The second kappa shape index (κ2) is 7.62. The topological polar surface area (TPSA) is 70.8 Å². The van der Waals surface area contributed by atoms with E-state index in [0.717, 1.165) is 12.8 Å². The smallest absolute Gasteiger partial charge is 0.363 e. The molecule has 0 fully saturated rings. The van der Waals surface area contributed by atoms with Crippen molar-refractivity contribution < 1.29 is 19.0 Å². The first-order valence-electron chi connectivity index (χ1n) is 5.34. The fourth-order valence-corrected chi connectivity index (χ4v) is 1.07. The zero-order valence-electron chi connectivity index (χ0n) is 9.75. The number of amides is 1. The van der Waals surface area contributed by atoms with Crippen LogP contribution in [-0.4, -0.2) is 31.7 Å². The van der Waals surface area contributed by atoms with Gasteiger partial charge >= 0.3 is 11.9 Å². The first-order valence-corrected chi connectivity index (χ1v) is 5.34. The van der Waals surface area contributed by atoms with Gasteiger partial charge in [-0.15, -0.1) is 0 Å². The summed E-state index contributed by atoms with van der Waals surface area (Å²) in [6.07, 6.45) is 1.79. The van der Waals surface area contributed by atoms with Crippen molar-refractivity contribution in [1.29, 1.82) is 0 Å². The second-order valence-corrected chi connectivity index (χ2v) is 2.99. The SMILES string of the molecule is CCCCOC(OCC)(OCC)C(N)=O. The van der Waals surface area contributed by atoms with Crippen LogP contribution in [0.2, 0.25) is 0 Å². The summed E-state index contributed by atoms with van der Waals surface area (Å²) in [7, 11) is 0. The van der Waals surface area contributed by atoms with Crippen LogP contribution >= 0.6 is 0 Å². The first kappa shape index (κ1) is 14.3. The van der Waals surface area contributed by atoms with Gasteiger partial charge in [-0.1, -0.05) is 13.3 Å². The molecule has 0 bridgehead atoms. The molecule has 15 heavy (non-hydrogen) atoms. The van der Waals surface area contributed by atoms with Crippen molar-refractivity contribution in [2.75, 3.05) is 19.8 Å². The maximum atomic E-state index is 11.2. The van der Waals surface area contributed by atoms with E-state index in [1.807, 2.05) is 6.92 Å². The van der Waals surface area contributed by atoms with Crippen molar-refractivity contribution in [3.05, 3.63) is 0 Å². The number of primary amides is 1. The third kappa shape index (κ3) is 4.59. The number of ether oxygens (including phenoxy) is 3. The van der Waals surface area contributed by atoms with Gasteiger partial charge in [0.25, 0.3) is 0 Å². The molecule has 5 nitrogen and oxygen atoms in total. The Morgan fingerprint density at radius 3 is 2.00 bits per heavy atom. The number of hydrogen-bond acceptors (Lipinski definition) is 4. The molecule has 0 aliphatic heterocycles. The number of carbonyl (C=O) groups excluding carboxylic acids is 1. The van der Waals surface area contributed by atoms with E-state index in [4.69, 9.17) is 19.9 Å². The monoisotopic (exact) mass is 219 g/mol. The fraction of sp³-hybridized carbons (Fsp3) is 0.900. The Hall–Kier alpha value is -0.650. The van der Waals surface area contributed by atoms with Crippen LogP contribution in [0, 0.1) is 0 Å². The van der Waals surface area contributed by atoms with E-state index in [2.05, 4.69) is 0 Å². The maximum Gasteiger partial charge on any atom is 0.367 e. The summed E-state index contributed by atoms with van der Waals surface area (Å²) in [5.41, 5.74) is 5.21. The van der Waals surface area contributed by atoms with Crippen LogP contribution in [0.4, 0.5) is 0 Å². The van der Waals surface area contributed by atoms with Crippen molar-refractivity contribution in [1.82, 2.24) is 0 Å². The first-order chi connectivity index (χ1) is 7.13. The highest BCUT2D eigenvalue weighted by Crippen LogP contribution is 2.15. The molecule has 0 aromatic carbocycles. The van der Waals surface area contributed by atoms with E-state index in [1.54, 1.807) is 13.8 Å². The molecule has 0 aromatic rings. The lowest BCUT2D eigenvalue weighted by Gasteiger charge is -2.29. The van der Waals surface area contributed by atoms with E-state index < -0.39 is 11.9 Å². The lowest BCUT2D eigenvalue weighted by Crippen LogP contribution is -2.51. The van der Waals surface area contributed by atoms with Gasteiger partial charge in [-0.25, -0.2) is 0 Å². The summed E-state index contributed by atoms with van der Waals surface area (Å²) < 4.78 is 15.6. The Kier molecular flexibility index (Phi) is 7.29. The molecule has 90 valence electrons. The Morgan fingerprint density at radius 1 is 1.13 bits per heavy atom. The maximum absolute atomic E-state index is 11.2. The van der Waals surface area contributed by atoms with Crippen molar-refractivity contribution in [3.8, 4) is 0 Å². The molecule has 0 saturated heterocycles. The summed E-state index contributed by atoms with van der Waals surface area (Å²) >= 11 is 0. The third-order valence-electron chi connectivity index (χ3n) is 1.76. The van der Waals surface area contributed by atoms with Gasteiger partial charge in [-0.3, -0.25) is 4.79 Å². The van der Waals surface area contributed by atoms with Crippen LogP contribution in [0.25, 0.3) is 0 Å². The van der Waals surface area contributed by atoms with Crippen LogP contribution in [0.15, 0.2) is 0 Å². The summed E-state index contributed by atoms with van der Waals surface area (Å²) in [5, 5.41) is 0. The van der Waals surface area contributed by atoms with Crippen molar-refractivity contribution >= 4 is 5.91 Å². The van der Waals surface area contributed by atoms with Crippen molar-refractivity contribution in [2.24, 2.45) is 5.73 Å². The van der Waals surface area contributed by atoms with Crippen LogP contribution in [0.3, 0.4) is 0 Å². The molecule has 0 aliphatic carbocycles. The van der Waals surface area contributed by atoms with Gasteiger partial charge in [0, 0.05) is 0 Å². The highest BCUT2D eigenvalue weighted by atomic mass is 16.9. The quantitative estimate of drug-likeness (QED) is 0.464. The Labute approximate surface area is 90.9 Å². The lowest BCUT2D eigenvalue weighted by atomic mass is 10.3. The average molecular weight is 219 g/mol. The molecule has 0 unspecified atom stereocenters. The summed E-state index contributed by atoms with van der Waals surface area (Å²) in [4.78, 5) is 11.2. The largest absolute Gasteiger partial charge is 0.367 e. The molecular formula is C10H21NO4.